The predicted molar refractivity (Wildman–Crippen MR) is 135 cm³/mol. The van der Waals surface area contributed by atoms with Crippen molar-refractivity contribution in [2.45, 2.75) is 13.1 Å². The van der Waals surface area contributed by atoms with Crippen molar-refractivity contribution < 1.29 is 19.1 Å². The van der Waals surface area contributed by atoms with Gasteiger partial charge in [0.05, 0.1) is 20.8 Å². The van der Waals surface area contributed by atoms with Crippen molar-refractivity contribution in [1.82, 2.24) is 15.5 Å². The summed E-state index contributed by atoms with van der Waals surface area (Å²) in [6.07, 6.45) is 0. The van der Waals surface area contributed by atoms with Crippen LogP contribution in [0.4, 0.5) is 0 Å². The Kier molecular flexibility index (Phi) is 11.3. The van der Waals surface area contributed by atoms with Crippen LogP contribution in [-0.4, -0.2) is 57.5 Å². The molecule has 0 radical (unpaired) electrons. The summed E-state index contributed by atoms with van der Waals surface area (Å²) in [5, 5.41) is 5.76. The zero-order valence-electron chi connectivity index (χ0n) is 18.7. The first-order valence-corrected chi connectivity index (χ1v) is 9.66. The highest BCUT2D eigenvalue weighted by Crippen LogP contribution is 2.25. The van der Waals surface area contributed by atoms with Gasteiger partial charge in [0.25, 0.3) is 5.91 Å². The van der Waals surface area contributed by atoms with Gasteiger partial charge in [-0.1, -0.05) is 12.1 Å². The lowest BCUT2D eigenvalue weighted by atomic mass is 10.1. The van der Waals surface area contributed by atoms with Gasteiger partial charge >= 0.3 is 0 Å². The summed E-state index contributed by atoms with van der Waals surface area (Å²) in [5.74, 6) is 1.25. The molecule has 2 aromatic rings. The minimum absolute atomic E-state index is 0. The number of nitrogens with zero attached hydrogens (tertiary/aromatic N) is 2. The number of carbonyl (C=O) groups excluding carboxylic acids is 2. The van der Waals surface area contributed by atoms with Gasteiger partial charge in [0.1, 0.15) is 11.5 Å². The Morgan fingerprint density at radius 2 is 1.75 bits per heavy atom. The number of primary amides is 1. The highest BCUT2D eigenvalue weighted by Gasteiger charge is 2.12. The number of carbonyl (C=O) groups is 2. The van der Waals surface area contributed by atoms with Crippen LogP contribution in [0.3, 0.4) is 0 Å². The van der Waals surface area contributed by atoms with Gasteiger partial charge in [-0.2, -0.15) is 0 Å². The van der Waals surface area contributed by atoms with Crippen molar-refractivity contribution in [3.63, 3.8) is 0 Å². The third-order valence-electron chi connectivity index (χ3n) is 4.57. The number of hydrogen-bond acceptors (Lipinski definition) is 5. The van der Waals surface area contributed by atoms with Gasteiger partial charge in [-0.25, -0.2) is 0 Å². The molecule has 0 atom stereocenters. The summed E-state index contributed by atoms with van der Waals surface area (Å²) in [4.78, 5) is 29.0. The average Bonchev–Trinajstić information content (AvgIpc) is 2.78. The second-order valence-corrected chi connectivity index (χ2v) is 6.78. The number of halogens is 1. The van der Waals surface area contributed by atoms with Crippen LogP contribution in [0.15, 0.2) is 47.5 Å². The van der Waals surface area contributed by atoms with Gasteiger partial charge in [0, 0.05) is 44.4 Å². The second kappa shape index (κ2) is 13.4. The van der Waals surface area contributed by atoms with Crippen LogP contribution >= 0.6 is 24.0 Å². The number of ether oxygens (including phenoxy) is 2. The molecular weight excluding hydrogens is 525 g/mol. The molecule has 0 bridgehead atoms. The van der Waals surface area contributed by atoms with Crippen molar-refractivity contribution in [3.05, 3.63) is 59.2 Å². The van der Waals surface area contributed by atoms with Crippen molar-refractivity contribution >= 4 is 41.8 Å². The summed E-state index contributed by atoms with van der Waals surface area (Å²) in [6, 6.07) is 12.8. The van der Waals surface area contributed by atoms with E-state index in [1.807, 2.05) is 42.3 Å². The Labute approximate surface area is 205 Å². The number of rotatable bonds is 9. The van der Waals surface area contributed by atoms with Gasteiger partial charge in [-0.3, -0.25) is 14.6 Å². The first kappa shape index (κ1) is 27.0. The van der Waals surface area contributed by atoms with E-state index in [1.165, 1.54) is 0 Å². The van der Waals surface area contributed by atoms with E-state index in [9.17, 15) is 9.59 Å². The second-order valence-electron chi connectivity index (χ2n) is 6.78. The SMILES string of the molecule is CN=C(NCc1ccc(C(=O)NCC(N)=O)cc1)N(C)Cc1ccc(OC)cc1OC.I. The molecule has 0 aliphatic carbocycles. The molecule has 0 saturated carbocycles. The molecule has 0 aromatic heterocycles. The van der Waals surface area contributed by atoms with E-state index < -0.39 is 5.91 Å². The number of aliphatic imine (C=N–C) groups is 1. The van der Waals surface area contributed by atoms with E-state index in [2.05, 4.69) is 15.6 Å². The number of hydrogen-bond donors (Lipinski definition) is 3. The maximum absolute atomic E-state index is 11.9. The largest absolute Gasteiger partial charge is 0.497 e. The highest BCUT2D eigenvalue weighted by atomic mass is 127. The molecule has 4 N–H and O–H groups in total. The van der Waals surface area contributed by atoms with Crippen molar-refractivity contribution in [2.24, 2.45) is 10.7 Å². The fourth-order valence-corrected chi connectivity index (χ4v) is 2.92. The molecule has 0 saturated heterocycles. The molecule has 0 heterocycles. The predicted octanol–water partition coefficient (Wildman–Crippen LogP) is 1.74. The van der Waals surface area contributed by atoms with E-state index in [1.54, 1.807) is 33.4 Å². The summed E-state index contributed by atoms with van der Waals surface area (Å²) >= 11 is 0. The lowest BCUT2D eigenvalue weighted by Gasteiger charge is -2.23. The van der Waals surface area contributed by atoms with Crippen LogP contribution in [0, 0.1) is 0 Å². The summed E-state index contributed by atoms with van der Waals surface area (Å²) in [5.41, 5.74) is 7.47. The van der Waals surface area contributed by atoms with Gasteiger partial charge in [-0.15, -0.1) is 24.0 Å². The Morgan fingerprint density at radius 1 is 1.06 bits per heavy atom. The third-order valence-corrected chi connectivity index (χ3v) is 4.57. The van der Waals surface area contributed by atoms with Gasteiger partial charge in [0.2, 0.25) is 5.91 Å². The Hall–Kier alpha value is -3.02. The topological polar surface area (TPSA) is 118 Å². The van der Waals surface area contributed by atoms with Gasteiger partial charge in [-0.05, 0) is 29.8 Å². The molecule has 0 aliphatic rings. The quantitative estimate of drug-likeness (QED) is 0.247. The molecule has 32 heavy (non-hydrogen) atoms. The van der Waals surface area contributed by atoms with Gasteiger partial charge in [0.15, 0.2) is 5.96 Å². The maximum Gasteiger partial charge on any atom is 0.251 e. The zero-order valence-corrected chi connectivity index (χ0v) is 21.0. The first-order chi connectivity index (χ1) is 14.9. The number of nitrogens with one attached hydrogen (secondary N) is 2. The molecule has 174 valence electrons. The fraction of sp³-hybridized carbons (Fsp3) is 0.318. The van der Waals surface area contributed by atoms with E-state index in [0.717, 1.165) is 22.6 Å². The Morgan fingerprint density at radius 3 is 2.31 bits per heavy atom. The van der Waals surface area contributed by atoms with E-state index >= 15 is 0 Å². The molecule has 2 rings (SSSR count). The number of nitrogens with two attached hydrogens (primary N) is 1. The Balaban J connectivity index is 0.00000512. The lowest BCUT2D eigenvalue weighted by molar-refractivity contribution is -0.117. The molecule has 10 heteroatoms. The highest BCUT2D eigenvalue weighted by molar-refractivity contribution is 14.0. The van der Waals surface area contributed by atoms with Crippen LogP contribution in [0.5, 0.6) is 11.5 Å². The molecule has 0 unspecified atom stereocenters. The van der Waals surface area contributed by atoms with Gasteiger partial charge < -0.3 is 30.7 Å². The minimum atomic E-state index is -0.586. The molecule has 9 nitrogen and oxygen atoms in total. The van der Waals surface area contributed by atoms with E-state index in [-0.39, 0.29) is 36.4 Å². The normalized spacial score (nSPS) is 10.6. The van der Waals surface area contributed by atoms with E-state index in [4.69, 9.17) is 15.2 Å². The summed E-state index contributed by atoms with van der Waals surface area (Å²) in [6.45, 7) is 0.926. The monoisotopic (exact) mass is 555 g/mol. The first-order valence-electron chi connectivity index (χ1n) is 9.66. The smallest absolute Gasteiger partial charge is 0.251 e. The van der Waals surface area contributed by atoms with Crippen LogP contribution < -0.4 is 25.8 Å². The fourth-order valence-electron chi connectivity index (χ4n) is 2.92. The maximum atomic E-state index is 11.9. The van der Waals surface area contributed by atoms with Crippen LogP contribution in [0.2, 0.25) is 0 Å². The molecule has 2 aromatic carbocycles. The number of benzene rings is 2. The number of amides is 2. The van der Waals surface area contributed by atoms with Crippen molar-refractivity contribution in [1.29, 1.82) is 0 Å². The van der Waals surface area contributed by atoms with Crippen LogP contribution in [0.25, 0.3) is 0 Å². The zero-order chi connectivity index (χ0) is 22.8. The standard InChI is InChI=1S/C22H29N5O4.HI/c1-24-22(27(2)14-17-9-10-18(30-3)11-19(17)31-4)26-12-15-5-7-16(8-6-15)21(29)25-13-20(23)28;/h5-11H,12-14H2,1-4H3,(H2,23,28)(H,24,26)(H,25,29);1H. The average molecular weight is 555 g/mol. The molecule has 0 aliphatic heterocycles. The number of guanidine groups is 1. The van der Waals surface area contributed by atoms with Crippen LogP contribution in [-0.2, 0) is 17.9 Å². The van der Waals surface area contributed by atoms with Crippen LogP contribution in [0.1, 0.15) is 21.5 Å². The number of methoxy groups -OCH3 is 2. The molecule has 2 amide bonds. The van der Waals surface area contributed by atoms with E-state index in [0.29, 0.717) is 24.6 Å². The molecular formula is C22H30IN5O4. The lowest BCUT2D eigenvalue weighted by Crippen LogP contribution is -2.38. The Bertz CT molecular complexity index is 934. The third kappa shape index (κ3) is 7.91. The summed E-state index contributed by atoms with van der Waals surface area (Å²) in [7, 11) is 6.90. The van der Waals surface area contributed by atoms with Crippen molar-refractivity contribution in [2.75, 3.05) is 34.9 Å². The molecule has 0 spiro atoms. The van der Waals surface area contributed by atoms with Crippen molar-refractivity contribution in [3.8, 4) is 11.5 Å². The molecule has 0 fully saturated rings. The summed E-state index contributed by atoms with van der Waals surface area (Å²) < 4.78 is 10.7. The minimum Gasteiger partial charge on any atom is -0.497 e.